The Bertz CT molecular complexity index is 500. The van der Waals surface area contributed by atoms with Crippen LogP contribution in [0.15, 0.2) is 66.8 Å². The van der Waals surface area contributed by atoms with Gasteiger partial charge in [-0.25, -0.2) is 10.8 Å². The van der Waals surface area contributed by atoms with E-state index in [4.69, 9.17) is 4.79 Å². The predicted molar refractivity (Wildman–Crippen MR) is 111 cm³/mol. The van der Waals surface area contributed by atoms with Crippen LogP contribution in [-0.2, 0) is 27.2 Å². The minimum Gasteiger partial charge on any atom is -0.545 e. The van der Waals surface area contributed by atoms with E-state index in [9.17, 15) is 4.39 Å². The van der Waals surface area contributed by atoms with Gasteiger partial charge < -0.3 is 22.4 Å². The molecular weight excluding hydrogens is 420 g/mol. The predicted octanol–water partition coefficient (Wildman–Crippen LogP) is 4.22. The summed E-state index contributed by atoms with van der Waals surface area (Å²) in [7, 11) is 2.03. The molecule has 1 aliphatic heterocycles. The number of allylic oxidation sites excluding steroid dienone is 4. The molecule has 3 nitrogen and oxygen atoms in total. The van der Waals surface area contributed by atoms with Gasteiger partial charge in [-0.1, -0.05) is 18.2 Å². The largest absolute Gasteiger partial charge is 3.00 e. The smallest absolute Gasteiger partial charge is 0.545 e. The molecule has 1 atom stereocenters. The van der Waals surface area contributed by atoms with Gasteiger partial charge >= 0.3 is 22.4 Å². The van der Waals surface area contributed by atoms with Crippen molar-refractivity contribution in [2.75, 3.05) is 20.1 Å². The maximum Gasteiger partial charge on any atom is 3.00 e. The van der Waals surface area contributed by atoms with E-state index < -0.39 is 0 Å². The van der Waals surface area contributed by atoms with Crippen LogP contribution in [0.25, 0.3) is 0 Å². The Morgan fingerprint density at radius 3 is 2.15 bits per heavy atom. The molecule has 5 heteroatoms. The molecule has 27 heavy (non-hydrogen) atoms. The van der Waals surface area contributed by atoms with Crippen LogP contribution in [0.2, 0.25) is 0 Å². The summed E-state index contributed by atoms with van der Waals surface area (Å²) in [6.45, 7) is 20.3. The van der Waals surface area contributed by atoms with Crippen molar-refractivity contribution in [3.63, 3.8) is 0 Å². The van der Waals surface area contributed by atoms with Gasteiger partial charge in [0.25, 0.3) is 0 Å². The van der Waals surface area contributed by atoms with Crippen molar-refractivity contribution in [3.8, 4) is 0 Å². The molecule has 0 radical (unpaired) electrons. The van der Waals surface area contributed by atoms with Crippen molar-refractivity contribution in [1.82, 2.24) is 10.6 Å². The second-order valence-corrected chi connectivity index (χ2v) is 5.34. The molecule has 1 aromatic rings. The van der Waals surface area contributed by atoms with Crippen molar-refractivity contribution in [3.05, 3.63) is 86.5 Å². The zero-order chi connectivity index (χ0) is 20.2. The first kappa shape index (κ1) is 30.3. The molecule has 148 valence electrons. The van der Waals surface area contributed by atoms with E-state index in [1.807, 2.05) is 7.05 Å². The SMILES string of the molecule is C=C/C([CH2-])=C(\C=C)C[CH2-].CNC1CCCNC1.Fc1ccccc1.[CH-]=O.[Nb+3]. The summed E-state index contributed by atoms with van der Waals surface area (Å²) in [6.07, 6.45) is 6.86. The summed E-state index contributed by atoms with van der Waals surface area (Å²) in [5, 5.41) is 6.56. The van der Waals surface area contributed by atoms with Crippen LogP contribution in [-0.4, -0.2) is 33.0 Å². The van der Waals surface area contributed by atoms with Gasteiger partial charge in [-0.2, -0.15) is 30.7 Å². The average molecular weight is 452 g/mol. The molecule has 1 aliphatic rings. The number of nitrogens with one attached hydrogen (secondary N) is 2. The molecule has 2 N–H and O–H groups in total. The van der Waals surface area contributed by atoms with Gasteiger partial charge in [0.05, 0.1) is 0 Å². The van der Waals surface area contributed by atoms with Crippen molar-refractivity contribution in [1.29, 1.82) is 0 Å². The number of halogens is 1. The fraction of sp³-hybridized carbons (Fsp3) is 0.318. The third kappa shape index (κ3) is 17.7. The van der Waals surface area contributed by atoms with E-state index in [0.29, 0.717) is 0 Å². The number of likely N-dealkylation sites (N-methyl/N-ethyl adjacent to an activating group) is 1. The van der Waals surface area contributed by atoms with Gasteiger partial charge in [-0.05, 0) is 38.6 Å². The fourth-order valence-corrected chi connectivity index (χ4v) is 2.04. The van der Waals surface area contributed by atoms with E-state index in [1.54, 1.807) is 30.4 Å². The van der Waals surface area contributed by atoms with E-state index in [2.05, 4.69) is 44.4 Å². The van der Waals surface area contributed by atoms with Crippen molar-refractivity contribution in [2.24, 2.45) is 0 Å². The monoisotopic (exact) mass is 452 g/mol. The van der Waals surface area contributed by atoms with Crippen LogP contribution < -0.4 is 10.6 Å². The Morgan fingerprint density at radius 2 is 1.93 bits per heavy atom. The number of benzene rings is 1. The van der Waals surface area contributed by atoms with E-state index in [-0.39, 0.29) is 28.2 Å². The van der Waals surface area contributed by atoms with Gasteiger partial charge in [0.15, 0.2) is 0 Å². The summed E-state index contributed by atoms with van der Waals surface area (Å²) >= 11 is 0. The van der Waals surface area contributed by atoms with Gasteiger partial charge in [0.1, 0.15) is 5.82 Å². The molecule has 1 aromatic carbocycles. The maximum absolute atomic E-state index is 11.9. The first-order valence-corrected chi connectivity index (χ1v) is 8.50. The van der Waals surface area contributed by atoms with Crippen molar-refractivity contribution in [2.45, 2.75) is 25.3 Å². The average Bonchev–Trinajstić information content (AvgIpc) is 2.72. The fourth-order valence-electron chi connectivity index (χ4n) is 2.04. The van der Waals surface area contributed by atoms with E-state index >= 15 is 0 Å². The quantitative estimate of drug-likeness (QED) is 0.311. The van der Waals surface area contributed by atoms with Crippen LogP contribution in [0, 0.1) is 19.7 Å². The molecule has 1 saturated heterocycles. The first-order valence-electron chi connectivity index (χ1n) is 8.50. The Hall–Kier alpha value is -1.43. The number of hydrogen-bond acceptors (Lipinski definition) is 3. The second kappa shape index (κ2) is 22.6. The van der Waals surface area contributed by atoms with E-state index in [1.165, 1.54) is 31.5 Å². The molecular formula is C22H32FN2NbO. The Kier molecular flexibility index (Phi) is 25.4. The number of hydrogen-bond donors (Lipinski definition) is 2. The zero-order valence-corrected chi connectivity index (χ0v) is 18.5. The number of carbonyl (C=O) groups excluding carboxylic acids is 1. The van der Waals surface area contributed by atoms with Crippen LogP contribution in [0.5, 0.6) is 0 Å². The van der Waals surface area contributed by atoms with Crippen molar-refractivity contribution < 1.29 is 31.6 Å². The Balaban J connectivity index is -0.000000301. The Morgan fingerprint density at radius 1 is 1.33 bits per heavy atom. The third-order valence-corrected chi connectivity index (χ3v) is 3.61. The first-order chi connectivity index (χ1) is 12.6. The molecule has 0 amide bonds. The summed E-state index contributed by atoms with van der Waals surface area (Å²) in [5.41, 5.74) is 1.98. The van der Waals surface area contributed by atoms with Crippen LogP contribution in [0.1, 0.15) is 19.3 Å². The van der Waals surface area contributed by atoms with Gasteiger partial charge in [-0.15, -0.1) is 12.7 Å². The zero-order valence-electron chi connectivity index (χ0n) is 16.3. The van der Waals surface area contributed by atoms with Crippen molar-refractivity contribution >= 4 is 6.79 Å². The van der Waals surface area contributed by atoms with Gasteiger partial charge in [-0.3, -0.25) is 6.79 Å². The standard InChI is InChI=1S/C9H12.C6H5F.C6H14N2.CHO.Nb/c1-5-8(4)9(6-2)7-3;7-6-4-2-1-3-5-6;1-7-6-3-2-4-8-5-6;1-2;/h5-6H,1-4,7H2;1-5H;6-8H,2-5H2,1H3;1H;/q-2;;;-1;+3/b9-8+;;;;. The number of rotatable bonds is 4. The van der Waals surface area contributed by atoms with Gasteiger partial charge in [0.2, 0.25) is 0 Å². The third-order valence-electron chi connectivity index (χ3n) is 3.61. The summed E-state index contributed by atoms with van der Waals surface area (Å²) in [5.74, 6) is -0.178. The molecule has 2 rings (SSSR count). The minimum atomic E-state index is -0.178. The summed E-state index contributed by atoms with van der Waals surface area (Å²) in [6, 6.07) is 8.66. The molecule has 0 aliphatic carbocycles. The molecule has 1 fully saturated rings. The van der Waals surface area contributed by atoms with E-state index in [0.717, 1.165) is 30.2 Å². The summed E-state index contributed by atoms with van der Waals surface area (Å²) < 4.78 is 11.9. The molecule has 1 heterocycles. The van der Waals surface area contributed by atoms with Gasteiger partial charge in [0, 0.05) is 12.6 Å². The number of piperidine rings is 1. The minimum absolute atomic E-state index is 0. The molecule has 0 spiro atoms. The topological polar surface area (TPSA) is 41.1 Å². The van der Waals surface area contributed by atoms with Crippen LogP contribution in [0.4, 0.5) is 4.39 Å². The normalized spacial score (nSPS) is 15.4. The molecule has 0 bridgehead atoms. The Labute approximate surface area is 180 Å². The van der Waals surface area contributed by atoms with Crippen LogP contribution >= 0.6 is 0 Å². The van der Waals surface area contributed by atoms with Crippen LogP contribution in [0.3, 0.4) is 0 Å². The second-order valence-electron chi connectivity index (χ2n) is 5.34. The molecule has 0 saturated carbocycles. The summed E-state index contributed by atoms with van der Waals surface area (Å²) in [4.78, 5) is 7.75. The molecule has 0 aromatic heterocycles. The maximum atomic E-state index is 11.9. The molecule has 1 unspecified atom stereocenters.